The summed E-state index contributed by atoms with van der Waals surface area (Å²) in [5.74, 6) is -3.15. The molecule has 110 valence electrons. The van der Waals surface area contributed by atoms with Crippen molar-refractivity contribution in [3.8, 4) is 0 Å². The molecule has 6 heteroatoms. The van der Waals surface area contributed by atoms with E-state index in [9.17, 15) is 18.4 Å². The van der Waals surface area contributed by atoms with E-state index in [2.05, 4.69) is 5.32 Å². The number of cyclic esters (lactones) is 1. The van der Waals surface area contributed by atoms with Crippen LogP contribution in [-0.4, -0.2) is 17.5 Å². The highest BCUT2D eigenvalue weighted by Crippen LogP contribution is 2.43. The fourth-order valence-electron chi connectivity index (χ4n) is 2.83. The average molecular weight is 293 g/mol. The first-order chi connectivity index (χ1) is 9.79. The number of hydrogen-bond donors (Lipinski definition) is 1. The van der Waals surface area contributed by atoms with Gasteiger partial charge in [0.25, 0.3) is 0 Å². The number of halogens is 2. The molecule has 0 aliphatic carbocycles. The molecule has 2 heterocycles. The molecule has 0 radical (unpaired) electrons. The van der Waals surface area contributed by atoms with E-state index in [1.54, 1.807) is 13.8 Å². The number of benzene rings is 1. The van der Waals surface area contributed by atoms with E-state index in [0.717, 1.165) is 12.1 Å². The molecule has 0 saturated carbocycles. The lowest BCUT2D eigenvalue weighted by Crippen LogP contribution is -2.38. The van der Waals surface area contributed by atoms with Crippen molar-refractivity contribution in [3.05, 3.63) is 46.7 Å². The van der Waals surface area contributed by atoms with E-state index in [4.69, 9.17) is 4.74 Å². The standard InChI is InChI=1S/C15H13F2NO3/c1-15(2)13-12(14(20)21-15)9(6-11(19)18-13)8-4-3-7(16)5-10(8)17/h3-5,9H,6H2,1-2H3,(H,18,19)/t9-/m1/s1. The van der Waals surface area contributed by atoms with Gasteiger partial charge in [0.15, 0.2) is 0 Å². The molecule has 4 nitrogen and oxygen atoms in total. The third-order valence-electron chi connectivity index (χ3n) is 3.78. The van der Waals surface area contributed by atoms with Gasteiger partial charge in [-0.1, -0.05) is 6.07 Å². The van der Waals surface area contributed by atoms with Gasteiger partial charge in [0.1, 0.15) is 17.2 Å². The Hall–Kier alpha value is -2.24. The molecule has 21 heavy (non-hydrogen) atoms. The van der Waals surface area contributed by atoms with E-state index in [1.165, 1.54) is 6.07 Å². The lowest BCUT2D eigenvalue weighted by molar-refractivity contribution is -0.144. The molecule has 0 aromatic heterocycles. The van der Waals surface area contributed by atoms with Gasteiger partial charge in [0, 0.05) is 18.4 Å². The zero-order valence-electron chi connectivity index (χ0n) is 11.5. The molecular formula is C15H13F2NO3. The zero-order chi connectivity index (χ0) is 15.4. The predicted molar refractivity (Wildman–Crippen MR) is 69.1 cm³/mol. The van der Waals surface area contributed by atoms with Crippen LogP contribution in [0.4, 0.5) is 8.78 Å². The minimum absolute atomic E-state index is 0.0768. The lowest BCUT2D eigenvalue weighted by Gasteiger charge is -2.27. The summed E-state index contributed by atoms with van der Waals surface area (Å²) in [4.78, 5) is 23.9. The Morgan fingerprint density at radius 2 is 2.00 bits per heavy atom. The van der Waals surface area contributed by atoms with Gasteiger partial charge in [-0.2, -0.15) is 0 Å². The van der Waals surface area contributed by atoms with E-state index in [0.29, 0.717) is 5.70 Å². The van der Waals surface area contributed by atoms with Gasteiger partial charge >= 0.3 is 5.97 Å². The highest BCUT2D eigenvalue weighted by Gasteiger charge is 2.48. The van der Waals surface area contributed by atoms with Crippen molar-refractivity contribution < 1.29 is 23.1 Å². The molecule has 1 N–H and O–H groups in total. The van der Waals surface area contributed by atoms with Crippen LogP contribution in [0.5, 0.6) is 0 Å². The maximum atomic E-state index is 14.0. The molecule has 0 saturated heterocycles. The second-order valence-electron chi connectivity index (χ2n) is 5.66. The van der Waals surface area contributed by atoms with Gasteiger partial charge in [0.05, 0.1) is 11.3 Å². The maximum Gasteiger partial charge on any atom is 0.337 e. The molecule has 0 fully saturated rings. The van der Waals surface area contributed by atoms with Gasteiger partial charge in [-0.3, -0.25) is 4.79 Å². The van der Waals surface area contributed by atoms with Crippen LogP contribution >= 0.6 is 0 Å². The Morgan fingerprint density at radius 1 is 1.29 bits per heavy atom. The highest BCUT2D eigenvalue weighted by atomic mass is 19.1. The summed E-state index contributed by atoms with van der Waals surface area (Å²) in [6.45, 7) is 3.30. The third kappa shape index (κ3) is 2.11. The second-order valence-corrected chi connectivity index (χ2v) is 5.66. The van der Waals surface area contributed by atoms with Gasteiger partial charge in [-0.15, -0.1) is 0 Å². The molecule has 3 rings (SSSR count). The molecule has 0 spiro atoms. The molecule has 0 bridgehead atoms. The Balaban J connectivity index is 2.15. The molecule has 1 aromatic rings. The van der Waals surface area contributed by atoms with Crippen LogP contribution in [-0.2, 0) is 14.3 Å². The van der Waals surface area contributed by atoms with Crippen LogP contribution in [0.15, 0.2) is 29.5 Å². The Labute approximate surface area is 119 Å². The second kappa shape index (κ2) is 4.38. The van der Waals surface area contributed by atoms with Crippen LogP contribution < -0.4 is 5.32 Å². The average Bonchev–Trinajstić information content (AvgIpc) is 2.59. The van der Waals surface area contributed by atoms with Crippen LogP contribution in [0.1, 0.15) is 31.7 Å². The summed E-state index contributed by atoms with van der Waals surface area (Å²) in [6.07, 6.45) is -0.0768. The molecule has 1 aromatic carbocycles. The number of hydrogen-bond acceptors (Lipinski definition) is 3. The Morgan fingerprint density at radius 3 is 2.67 bits per heavy atom. The summed E-state index contributed by atoms with van der Waals surface area (Å²) in [5.41, 5.74) is -0.243. The molecule has 2 aliphatic rings. The number of esters is 1. The fraction of sp³-hybridized carbons (Fsp3) is 0.333. The predicted octanol–water partition coefficient (Wildman–Crippen LogP) is 2.16. The summed E-state index contributed by atoms with van der Waals surface area (Å²) in [5, 5.41) is 2.63. The molecule has 0 unspecified atom stereocenters. The normalized spacial score (nSPS) is 23.7. The quantitative estimate of drug-likeness (QED) is 0.807. The summed E-state index contributed by atoms with van der Waals surface area (Å²) in [7, 11) is 0. The lowest BCUT2D eigenvalue weighted by atomic mass is 9.82. The Bertz CT molecular complexity index is 694. The summed E-state index contributed by atoms with van der Waals surface area (Å²) in [6, 6.07) is 3.11. The smallest absolute Gasteiger partial charge is 0.337 e. The molecule has 2 aliphatic heterocycles. The van der Waals surface area contributed by atoms with Gasteiger partial charge in [-0.25, -0.2) is 13.6 Å². The number of amides is 1. The van der Waals surface area contributed by atoms with Crippen molar-refractivity contribution in [1.29, 1.82) is 0 Å². The van der Waals surface area contributed by atoms with E-state index < -0.39 is 29.1 Å². The van der Waals surface area contributed by atoms with Gasteiger partial charge < -0.3 is 10.1 Å². The van der Waals surface area contributed by atoms with Crippen LogP contribution in [0.25, 0.3) is 0 Å². The number of carbonyl (C=O) groups is 2. The van der Waals surface area contributed by atoms with Crippen LogP contribution in [0.2, 0.25) is 0 Å². The van der Waals surface area contributed by atoms with Crippen molar-refractivity contribution in [2.75, 3.05) is 0 Å². The van der Waals surface area contributed by atoms with Crippen molar-refractivity contribution in [2.24, 2.45) is 0 Å². The first-order valence-corrected chi connectivity index (χ1v) is 6.52. The highest BCUT2D eigenvalue weighted by molar-refractivity contribution is 5.99. The van der Waals surface area contributed by atoms with Crippen LogP contribution in [0, 0.1) is 11.6 Å². The fourth-order valence-corrected chi connectivity index (χ4v) is 2.83. The largest absolute Gasteiger partial charge is 0.450 e. The van der Waals surface area contributed by atoms with Crippen molar-refractivity contribution in [1.82, 2.24) is 5.32 Å². The first kappa shape index (κ1) is 13.7. The minimum atomic E-state index is -0.961. The zero-order valence-corrected chi connectivity index (χ0v) is 11.5. The minimum Gasteiger partial charge on any atom is -0.450 e. The van der Waals surface area contributed by atoms with Gasteiger partial charge in [-0.05, 0) is 25.5 Å². The number of ether oxygens (including phenoxy) is 1. The number of nitrogens with one attached hydrogen (secondary N) is 1. The first-order valence-electron chi connectivity index (χ1n) is 6.52. The van der Waals surface area contributed by atoms with Gasteiger partial charge in [0.2, 0.25) is 5.91 Å². The molecular weight excluding hydrogens is 280 g/mol. The number of rotatable bonds is 1. The SMILES string of the molecule is CC1(C)OC(=O)C2=C1NC(=O)C[C@@H]2c1ccc(F)cc1F. The monoisotopic (exact) mass is 293 g/mol. The Kier molecular flexibility index (Phi) is 2.86. The van der Waals surface area contributed by atoms with E-state index in [-0.39, 0.29) is 23.5 Å². The van der Waals surface area contributed by atoms with Crippen LogP contribution in [0.3, 0.4) is 0 Å². The van der Waals surface area contributed by atoms with Crippen molar-refractivity contribution in [2.45, 2.75) is 31.8 Å². The van der Waals surface area contributed by atoms with E-state index >= 15 is 0 Å². The number of carbonyl (C=O) groups excluding carboxylic acids is 2. The third-order valence-corrected chi connectivity index (χ3v) is 3.78. The summed E-state index contributed by atoms with van der Waals surface area (Å²) < 4.78 is 32.3. The topological polar surface area (TPSA) is 55.4 Å². The summed E-state index contributed by atoms with van der Waals surface area (Å²) >= 11 is 0. The van der Waals surface area contributed by atoms with E-state index in [1.807, 2.05) is 0 Å². The van der Waals surface area contributed by atoms with Crippen molar-refractivity contribution in [3.63, 3.8) is 0 Å². The van der Waals surface area contributed by atoms with Crippen molar-refractivity contribution >= 4 is 11.9 Å². The molecule has 1 amide bonds. The molecule has 1 atom stereocenters. The maximum absolute atomic E-state index is 14.0.